The normalized spacial score (nSPS) is 22.3. The number of piperidine rings is 1. The van der Waals surface area contributed by atoms with Gasteiger partial charge in [-0.1, -0.05) is 31.9 Å². The van der Waals surface area contributed by atoms with E-state index in [0.29, 0.717) is 12.0 Å². The molecule has 1 aromatic carbocycles. The second kappa shape index (κ2) is 6.82. The van der Waals surface area contributed by atoms with Crippen LogP contribution in [0.3, 0.4) is 0 Å². The van der Waals surface area contributed by atoms with Crippen LogP contribution in [0.4, 0.5) is 4.79 Å². The van der Waals surface area contributed by atoms with E-state index in [1.165, 1.54) is 53.2 Å². The van der Waals surface area contributed by atoms with Crippen molar-refractivity contribution in [3.05, 3.63) is 35.0 Å². The number of nitrogens with one attached hydrogen (secondary N) is 1. The SMILES string of the molecule is CCCN1CCC[C@@H]2c3cccc4c3c(c(C)n4NC(=O)N(C)S)C[C@H]21. The third-order valence-corrected chi connectivity index (χ3v) is 6.29. The summed E-state index contributed by atoms with van der Waals surface area (Å²) in [6.45, 7) is 6.77. The van der Waals surface area contributed by atoms with Crippen molar-refractivity contribution in [3.8, 4) is 0 Å². The molecule has 0 bridgehead atoms. The highest BCUT2D eigenvalue weighted by molar-refractivity contribution is 7.78. The molecule has 140 valence electrons. The minimum absolute atomic E-state index is 0.227. The third-order valence-electron chi connectivity index (χ3n) is 6.11. The van der Waals surface area contributed by atoms with Crippen LogP contribution in [0, 0.1) is 6.92 Å². The molecular formula is C20H28N4OS. The van der Waals surface area contributed by atoms with Crippen LogP contribution in [0.25, 0.3) is 10.9 Å². The first-order chi connectivity index (χ1) is 12.5. The summed E-state index contributed by atoms with van der Waals surface area (Å²) in [5.74, 6) is 0.602. The summed E-state index contributed by atoms with van der Waals surface area (Å²) >= 11 is 4.12. The zero-order valence-corrected chi connectivity index (χ0v) is 16.7. The summed E-state index contributed by atoms with van der Waals surface area (Å²) in [5.41, 5.74) is 8.08. The van der Waals surface area contributed by atoms with E-state index in [0.717, 1.165) is 17.6 Å². The van der Waals surface area contributed by atoms with E-state index < -0.39 is 0 Å². The smallest absolute Gasteiger partial charge is 0.299 e. The fraction of sp³-hybridized carbons (Fsp3) is 0.550. The Bertz CT molecular complexity index is 842. The van der Waals surface area contributed by atoms with Gasteiger partial charge in [0.05, 0.1) is 5.52 Å². The average Bonchev–Trinajstić information content (AvgIpc) is 2.90. The Balaban J connectivity index is 1.82. The van der Waals surface area contributed by atoms with Gasteiger partial charge >= 0.3 is 6.03 Å². The minimum Gasteiger partial charge on any atom is -0.299 e. The third kappa shape index (κ3) is 2.70. The van der Waals surface area contributed by atoms with Gasteiger partial charge in [0.1, 0.15) is 0 Å². The molecule has 1 saturated heterocycles. The van der Waals surface area contributed by atoms with E-state index in [2.05, 4.69) is 55.2 Å². The quantitative estimate of drug-likeness (QED) is 0.802. The van der Waals surface area contributed by atoms with E-state index in [1.54, 1.807) is 7.05 Å². The second-order valence-corrected chi connectivity index (χ2v) is 8.24. The lowest BCUT2D eigenvalue weighted by Gasteiger charge is -2.44. The van der Waals surface area contributed by atoms with Gasteiger partial charge in [-0.25, -0.2) is 10.2 Å². The van der Waals surface area contributed by atoms with E-state index in [4.69, 9.17) is 0 Å². The lowest BCUT2D eigenvalue weighted by molar-refractivity contribution is 0.124. The summed E-state index contributed by atoms with van der Waals surface area (Å²) in [5, 5.41) is 1.35. The Labute approximate surface area is 160 Å². The van der Waals surface area contributed by atoms with Crippen LogP contribution in [-0.4, -0.2) is 46.1 Å². The number of benzene rings is 1. The molecule has 0 saturated carbocycles. The molecule has 0 spiro atoms. The molecule has 5 nitrogen and oxygen atoms in total. The van der Waals surface area contributed by atoms with Crippen LogP contribution in [0.2, 0.25) is 0 Å². The standard InChI is InChI=1S/C20H28N4OS/c1-4-10-23-11-6-8-14-15-7-5-9-17-19(15)16(12-18(14)23)13(2)24(17)21-20(25)22(3)26/h5,7,9,14,18,26H,4,6,8,10-12H2,1-3H3,(H,21,25)/t14-,18-/m1/s1. The number of carbonyl (C=O) groups is 1. The second-order valence-electron chi connectivity index (χ2n) is 7.64. The van der Waals surface area contributed by atoms with Gasteiger partial charge in [0, 0.05) is 30.1 Å². The summed E-state index contributed by atoms with van der Waals surface area (Å²) in [4.78, 5) is 14.9. The highest BCUT2D eigenvalue weighted by atomic mass is 32.1. The molecule has 0 radical (unpaired) electrons. The first-order valence-corrected chi connectivity index (χ1v) is 10.0. The Morgan fingerprint density at radius 1 is 1.42 bits per heavy atom. The highest BCUT2D eigenvalue weighted by Gasteiger charge is 2.38. The van der Waals surface area contributed by atoms with Crippen molar-refractivity contribution in [2.24, 2.45) is 0 Å². The number of thiol groups is 1. The molecule has 1 aliphatic carbocycles. The van der Waals surface area contributed by atoms with E-state index in [-0.39, 0.29) is 6.03 Å². The summed E-state index contributed by atoms with van der Waals surface area (Å²) in [7, 11) is 1.64. The van der Waals surface area contributed by atoms with Crippen LogP contribution in [-0.2, 0) is 6.42 Å². The van der Waals surface area contributed by atoms with Crippen LogP contribution in [0.5, 0.6) is 0 Å². The van der Waals surface area contributed by atoms with Gasteiger partial charge in [-0.15, -0.1) is 0 Å². The van der Waals surface area contributed by atoms with Crippen molar-refractivity contribution >= 4 is 29.7 Å². The molecule has 1 N–H and O–H groups in total. The number of hydrogen-bond donors (Lipinski definition) is 2. The molecule has 0 unspecified atom stereocenters. The predicted molar refractivity (Wildman–Crippen MR) is 110 cm³/mol. The minimum atomic E-state index is -0.227. The number of hydrogen-bond acceptors (Lipinski definition) is 3. The van der Waals surface area contributed by atoms with Gasteiger partial charge in [-0.3, -0.25) is 13.9 Å². The number of fused-ring (bicyclic) bond motifs is 2. The van der Waals surface area contributed by atoms with Gasteiger partial charge < -0.3 is 0 Å². The van der Waals surface area contributed by atoms with Crippen LogP contribution in [0.1, 0.15) is 48.9 Å². The van der Waals surface area contributed by atoms with E-state index in [1.807, 2.05) is 4.68 Å². The monoisotopic (exact) mass is 372 g/mol. The summed E-state index contributed by atoms with van der Waals surface area (Å²) in [6.07, 6.45) is 4.81. The van der Waals surface area contributed by atoms with Crippen LogP contribution < -0.4 is 5.43 Å². The zero-order valence-electron chi connectivity index (χ0n) is 15.8. The number of rotatable bonds is 3. The largest absolute Gasteiger partial charge is 0.346 e. The van der Waals surface area contributed by atoms with Crippen molar-refractivity contribution in [1.82, 2.24) is 13.9 Å². The van der Waals surface area contributed by atoms with Crippen molar-refractivity contribution in [2.75, 3.05) is 25.6 Å². The number of carbonyl (C=O) groups excluding carboxylic acids is 1. The Kier molecular flexibility index (Phi) is 4.65. The van der Waals surface area contributed by atoms with E-state index >= 15 is 0 Å². The Morgan fingerprint density at radius 2 is 2.23 bits per heavy atom. The van der Waals surface area contributed by atoms with Gasteiger partial charge in [-0.2, -0.15) is 0 Å². The maximum atomic E-state index is 12.2. The molecule has 1 aromatic heterocycles. The summed E-state index contributed by atoms with van der Waals surface area (Å²) in [6, 6.07) is 6.90. The fourth-order valence-electron chi connectivity index (χ4n) is 4.98. The molecular weight excluding hydrogens is 344 g/mol. The number of aromatic nitrogens is 1. The first-order valence-electron chi connectivity index (χ1n) is 9.63. The Morgan fingerprint density at radius 3 is 2.96 bits per heavy atom. The van der Waals surface area contributed by atoms with Gasteiger partial charge in [0.25, 0.3) is 0 Å². The lowest BCUT2D eigenvalue weighted by atomic mass is 9.74. The van der Waals surface area contributed by atoms with Crippen LogP contribution in [0.15, 0.2) is 18.2 Å². The fourth-order valence-corrected chi connectivity index (χ4v) is 5.02. The number of nitrogens with zero attached hydrogens (tertiary/aromatic N) is 3. The van der Waals surface area contributed by atoms with Crippen LogP contribution >= 0.6 is 12.8 Å². The molecule has 2 amide bonds. The molecule has 2 atom stereocenters. The number of likely N-dealkylation sites (tertiary alicyclic amines) is 1. The predicted octanol–water partition coefficient (Wildman–Crippen LogP) is 3.90. The molecule has 26 heavy (non-hydrogen) atoms. The van der Waals surface area contributed by atoms with Gasteiger partial charge in [-0.05, 0) is 62.9 Å². The summed E-state index contributed by atoms with van der Waals surface area (Å²) < 4.78 is 3.22. The topological polar surface area (TPSA) is 40.5 Å². The molecule has 6 heteroatoms. The van der Waals surface area contributed by atoms with E-state index in [9.17, 15) is 4.79 Å². The molecule has 4 rings (SSSR count). The first kappa shape index (κ1) is 17.7. The van der Waals surface area contributed by atoms with Crippen molar-refractivity contribution in [3.63, 3.8) is 0 Å². The Hall–Kier alpha value is -1.66. The maximum absolute atomic E-state index is 12.2. The maximum Gasteiger partial charge on any atom is 0.346 e. The molecule has 1 fully saturated rings. The lowest BCUT2D eigenvalue weighted by Crippen LogP contribution is -2.47. The number of amides is 2. The molecule has 2 aliphatic rings. The number of urea groups is 1. The molecule has 2 heterocycles. The molecule has 1 aliphatic heterocycles. The van der Waals surface area contributed by atoms with Gasteiger partial charge in [0.2, 0.25) is 0 Å². The average molecular weight is 373 g/mol. The highest BCUT2D eigenvalue weighted by Crippen LogP contribution is 2.45. The van der Waals surface area contributed by atoms with Gasteiger partial charge in [0.15, 0.2) is 0 Å². The molecule has 2 aromatic rings. The van der Waals surface area contributed by atoms with Crippen molar-refractivity contribution in [1.29, 1.82) is 0 Å². The van der Waals surface area contributed by atoms with Crippen molar-refractivity contribution in [2.45, 2.75) is 51.5 Å². The zero-order chi connectivity index (χ0) is 18.4. The van der Waals surface area contributed by atoms with Crippen molar-refractivity contribution < 1.29 is 4.79 Å².